The first-order valence-corrected chi connectivity index (χ1v) is 5.08. The van der Waals surface area contributed by atoms with E-state index in [0.717, 1.165) is 12.8 Å². The van der Waals surface area contributed by atoms with Gasteiger partial charge in [0.05, 0.1) is 12.7 Å². The summed E-state index contributed by atoms with van der Waals surface area (Å²) in [6, 6.07) is 0. The molecule has 0 rings (SSSR count). The van der Waals surface area contributed by atoms with Gasteiger partial charge in [0.25, 0.3) is 0 Å². The molecule has 0 aliphatic carbocycles. The molecule has 0 aromatic rings. The predicted molar refractivity (Wildman–Crippen MR) is 56.3 cm³/mol. The first kappa shape index (κ1) is 13.8. The lowest BCUT2D eigenvalue weighted by Crippen LogP contribution is -2.16. The molecule has 1 atom stereocenters. The van der Waals surface area contributed by atoms with Crippen molar-refractivity contribution < 1.29 is 19.4 Å². The molecule has 0 heterocycles. The van der Waals surface area contributed by atoms with Gasteiger partial charge in [0.15, 0.2) is 0 Å². The fourth-order valence-electron chi connectivity index (χ4n) is 0.931. The molecule has 0 aromatic carbocycles. The molecule has 15 heavy (non-hydrogen) atoms. The summed E-state index contributed by atoms with van der Waals surface area (Å²) < 4.78 is 4.80. The van der Waals surface area contributed by atoms with Gasteiger partial charge in [0.1, 0.15) is 12.2 Å². The summed E-state index contributed by atoms with van der Waals surface area (Å²) in [6.07, 6.45) is 1.79. The van der Waals surface area contributed by atoms with Crippen LogP contribution >= 0.6 is 0 Å². The van der Waals surface area contributed by atoms with Crippen LogP contribution in [0.2, 0.25) is 0 Å². The molecular formula is C11H18O4. The number of hydrogen-bond donors (Lipinski definition) is 1. The van der Waals surface area contributed by atoms with Gasteiger partial charge >= 0.3 is 5.97 Å². The Morgan fingerprint density at radius 2 is 2.20 bits per heavy atom. The third-order valence-electron chi connectivity index (χ3n) is 1.81. The molecule has 1 unspecified atom stereocenters. The minimum Gasteiger partial charge on any atom is -0.465 e. The van der Waals surface area contributed by atoms with Crippen molar-refractivity contribution in [1.29, 1.82) is 0 Å². The first-order chi connectivity index (χ1) is 7.10. The summed E-state index contributed by atoms with van der Waals surface area (Å²) in [4.78, 5) is 22.2. The Balaban J connectivity index is 3.67. The second-order valence-electron chi connectivity index (χ2n) is 3.30. The maximum atomic E-state index is 11.1. The molecule has 4 heteroatoms. The number of aliphatic hydroxyl groups excluding tert-OH is 1. The third-order valence-corrected chi connectivity index (χ3v) is 1.81. The molecular weight excluding hydrogens is 196 g/mol. The Hall–Kier alpha value is -1.16. The summed E-state index contributed by atoms with van der Waals surface area (Å²) in [7, 11) is 0. The molecule has 0 aliphatic heterocycles. The highest BCUT2D eigenvalue weighted by Gasteiger charge is 2.13. The number of Topliss-reactive ketones (excluding diaryl/α,β-unsaturated/α-hetero) is 1. The molecule has 0 saturated heterocycles. The quantitative estimate of drug-likeness (QED) is 0.285. The molecule has 86 valence electrons. The smallest absolute Gasteiger partial charge is 0.313 e. The van der Waals surface area contributed by atoms with E-state index in [0.29, 0.717) is 6.61 Å². The van der Waals surface area contributed by atoms with Crippen molar-refractivity contribution >= 4 is 11.8 Å². The number of aliphatic hydroxyl groups is 1. The van der Waals surface area contributed by atoms with Crippen molar-refractivity contribution in [3.63, 3.8) is 0 Å². The Bertz CT molecular complexity index is 223. The van der Waals surface area contributed by atoms with Crippen molar-refractivity contribution in [2.24, 2.45) is 0 Å². The predicted octanol–water partition coefficient (Wildman–Crippen LogP) is 1.23. The molecule has 0 aliphatic rings. The van der Waals surface area contributed by atoms with E-state index in [1.54, 1.807) is 0 Å². The van der Waals surface area contributed by atoms with Crippen LogP contribution in [0, 0.1) is 0 Å². The number of carbonyl (C=O) groups is 2. The van der Waals surface area contributed by atoms with E-state index in [1.165, 1.54) is 6.08 Å². The number of carbonyl (C=O) groups excluding carboxylic acids is 2. The van der Waals surface area contributed by atoms with Crippen LogP contribution in [0.1, 0.15) is 32.6 Å². The molecule has 0 bridgehead atoms. The van der Waals surface area contributed by atoms with E-state index in [4.69, 9.17) is 9.84 Å². The number of hydrogen-bond acceptors (Lipinski definition) is 4. The zero-order valence-corrected chi connectivity index (χ0v) is 9.07. The van der Waals surface area contributed by atoms with Gasteiger partial charge in [-0.3, -0.25) is 9.59 Å². The summed E-state index contributed by atoms with van der Waals surface area (Å²) in [6.45, 7) is 5.67. The lowest BCUT2D eigenvalue weighted by atomic mass is 10.1. The number of ether oxygens (including phenoxy) is 1. The minimum atomic E-state index is -0.874. The molecule has 0 radical (unpaired) electrons. The van der Waals surface area contributed by atoms with Crippen LogP contribution in [0.25, 0.3) is 0 Å². The Kier molecular flexibility index (Phi) is 7.54. The Morgan fingerprint density at radius 1 is 1.53 bits per heavy atom. The molecule has 0 spiro atoms. The van der Waals surface area contributed by atoms with Crippen LogP contribution in [0.4, 0.5) is 0 Å². The number of unbranched alkanes of at least 4 members (excludes halogenated alkanes) is 1. The topological polar surface area (TPSA) is 63.6 Å². The second-order valence-corrected chi connectivity index (χ2v) is 3.30. The molecule has 0 saturated carbocycles. The van der Waals surface area contributed by atoms with Gasteiger partial charge in [-0.25, -0.2) is 0 Å². The molecule has 4 nitrogen and oxygen atoms in total. The maximum Gasteiger partial charge on any atom is 0.313 e. The van der Waals surface area contributed by atoms with E-state index in [2.05, 4.69) is 6.58 Å². The monoisotopic (exact) mass is 214 g/mol. The highest BCUT2D eigenvalue weighted by atomic mass is 16.5. The summed E-state index contributed by atoms with van der Waals surface area (Å²) in [5, 5.41) is 9.06. The fraction of sp³-hybridized carbons (Fsp3) is 0.636. The van der Waals surface area contributed by atoms with Crippen molar-refractivity contribution in [3.05, 3.63) is 12.7 Å². The van der Waals surface area contributed by atoms with Gasteiger partial charge in [0, 0.05) is 6.42 Å². The molecule has 1 N–H and O–H groups in total. The zero-order chi connectivity index (χ0) is 11.7. The van der Waals surface area contributed by atoms with Crippen LogP contribution in [0.5, 0.6) is 0 Å². The summed E-state index contributed by atoms with van der Waals surface area (Å²) in [5.74, 6) is -0.853. The SMILES string of the molecule is C=CC(O)CC(=O)CC(=O)OCCCC. The van der Waals surface area contributed by atoms with Crippen molar-refractivity contribution in [1.82, 2.24) is 0 Å². The maximum absolute atomic E-state index is 11.1. The van der Waals surface area contributed by atoms with Crippen molar-refractivity contribution in [3.8, 4) is 0 Å². The number of esters is 1. The van der Waals surface area contributed by atoms with Crippen LogP contribution in [0.3, 0.4) is 0 Å². The zero-order valence-electron chi connectivity index (χ0n) is 9.07. The summed E-state index contributed by atoms with van der Waals surface area (Å²) in [5.41, 5.74) is 0. The third kappa shape index (κ3) is 7.88. The minimum absolute atomic E-state index is 0.0770. The van der Waals surface area contributed by atoms with Gasteiger partial charge in [-0.15, -0.1) is 6.58 Å². The number of ketones is 1. The van der Waals surface area contributed by atoms with Gasteiger partial charge in [-0.1, -0.05) is 19.4 Å². The van der Waals surface area contributed by atoms with Gasteiger partial charge in [-0.05, 0) is 6.42 Å². The van der Waals surface area contributed by atoms with E-state index >= 15 is 0 Å². The van der Waals surface area contributed by atoms with E-state index in [9.17, 15) is 9.59 Å². The van der Waals surface area contributed by atoms with Crippen molar-refractivity contribution in [2.45, 2.75) is 38.7 Å². The normalized spacial score (nSPS) is 11.9. The van der Waals surface area contributed by atoms with E-state index in [1.807, 2.05) is 6.92 Å². The largest absolute Gasteiger partial charge is 0.465 e. The van der Waals surface area contributed by atoms with E-state index in [-0.39, 0.29) is 18.6 Å². The van der Waals surface area contributed by atoms with Crippen LogP contribution in [0.15, 0.2) is 12.7 Å². The fourth-order valence-corrected chi connectivity index (χ4v) is 0.931. The highest BCUT2D eigenvalue weighted by Crippen LogP contribution is 2.00. The van der Waals surface area contributed by atoms with E-state index < -0.39 is 12.1 Å². The average Bonchev–Trinajstić information content (AvgIpc) is 2.17. The van der Waals surface area contributed by atoms with Crippen LogP contribution in [-0.4, -0.2) is 29.6 Å². The van der Waals surface area contributed by atoms with Crippen LogP contribution < -0.4 is 0 Å². The number of rotatable bonds is 8. The first-order valence-electron chi connectivity index (χ1n) is 5.08. The summed E-state index contributed by atoms with van der Waals surface area (Å²) >= 11 is 0. The lowest BCUT2D eigenvalue weighted by molar-refractivity contribution is -0.146. The lowest BCUT2D eigenvalue weighted by Gasteiger charge is -2.05. The van der Waals surface area contributed by atoms with Gasteiger partial charge in [-0.2, -0.15) is 0 Å². The Morgan fingerprint density at radius 3 is 2.73 bits per heavy atom. The molecule has 0 amide bonds. The van der Waals surface area contributed by atoms with Crippen molar-refractivity contribution in [2.75, 3.05) is 6.61 Å². The van der Waals surface area contributed by atoms with Crippen LogP contribution in [-0.2, 0) is 14.3 Å². The highest BCUT2D eigenvalue weighted by molar-refractivity contribution is 5.95. The standard InChI is InChI=1S/C11H18O4/c1-3-5-6-15-11(14)8-10(13)7-9(12)4-2/h4,9,12H,2-3,5-8H2,1H3. The molecule has 0 aromatic heterocycles. The second kappa shape index (κ2) is 8.17. The Labute approximate surface area is 89.9 Å². The average molecular weight is 214 g/mol. The van der Waals surface area contributed by atoms with Gasteiger partial charge < -0.3 is 9.84 Å². The molecule has 0 fully saturated rings. The van der Waals surface area contributed by atoms with Gasteiger partial charge in [0.2, 0.25) is 0 Å².